The number of nitrogens with zero attached hydrogens (tertiary/aromatic N) is 2. The fourth-order valence-electron chi connectivity index (χ4n) is 2.40. The minimum atomic E-state index is -0.0351. The van der Waals surface area contributed by atoms with Gasteiger partial charge in [-0.1, -0.05) is 13.0 Å². The number of phenolic OH excluding ortho intramolecular Hbond substituents is 2. The molecule has 1 heterocycles. The second-order valence-electron chi connectivity index (χ2n) is 4.93. The molecule has 4 heteroatoms. The Kier molecular flexibility index (Phi) is 4.09. The second-order valence-corrected chi connectivity index (χ2v) is 4.93. The Morgan fingerprint density at radius 1 is 1.06 bits per heavy atom. The first-order valence-corrected chi connectivity index (χ1v) is 6.57. The van der Waals surface area contributed by atoms with Gasteiger partial charge in [-0.05, 0) is 30.7 Å². The van der Waals surface area contributed by atoms with E-state index in [0.717, 1.165) is 50.4 Å². The highest BCUT2D eigenvalue weighted by Crippen LogP contribution is 2.31. The van der Waals surface area contributed by atoms with Crippen LogP contribution >= 0.6 is 0 Å². The quantitative estimate of drug-likeness (QED) is 0.799. The van der Waals surface area contributed by atoms with Crippen molar-refractivity contribution >= 4 is 0 Å². The van der Waals surface area contributed by atoms with E-state index in [9.17, 15) is 10.2 Å². The summed E-state index contributed by atoms with van der Waals surface area (Å²) in [7, 11) is 0. The monoisotopic (exact) mass is 250 g/mol. The van der Waals surface area contributed by atoms with E-state index in [1.54, 1.807) is 6.07 Å². The van der Waals surface area contributed by atoms with E-state index >= 15 is 0 Å². The van der Waals surface area contributed by atoms with Crippen LogP contribution in [0.1, 0.15) is 18.1 Å². The predicted octanol–water partition coefficient (Wildman–Crippen LogP) is 1.54. The average molecular weight is 250 g/mol. The van der Waals surface area contributed by atoms with Gasteiger partial charge in [0.25, 0.3) is 0 Å². The third-order valence-corrected chi connectivity index (χ3v) is 3.83. The van der Waals surface area contributed by atoms with Gasteiger partial charge < -0.3 is 15.1 Å². The molecule has 0 spiro atoms. The molecule has 0 amide bonds. The molecule has 0 atom stereocenters. The van der Waals surface area contributed by atoms with Crippen LogP contribution in [0.15, 0.2) is 12.1 Å². The smallest absolute Gasteiger partial charge is 0.160 e. The van der Waals surface area contributed by atoms with Gasteiger partial charge in [0.1, 0.15) is 0 Å². The summed E-state index contributed by atoms with van der Waals surface area (Å²) < 4.78 is 0. The van der Waals surface area contributed by atoms with Crippen molar-refractivity contribution in [2.45, 2.75) is 20.4 Å². The molecule has 18 heavy (non-hydrogen) atoms. The lowest BCUT2D eigenvalue weighted by molar-refractivity contribution is 0.131. The summed E-state index contributed by atoms with van der Waals surface area (Å²) in [5.41, 5.74) is 1.88. The third kappa shape index (κ3) is 2.76. The number of piperazine rings is 1. The van der Waals surface area contributed by atoms with Gasteiger partial charge in [-0.2, -0.15) is 0 Å². The van der Waals surface area contributed by atoms with Gasteiger partial charge in [-0.15, -0.1) is 0 Å². The molecule has 2 N–H and O–H groups in total. The normalized spacial score (nSPS) is 18.1. The first kappa shape index (κ1) is 13.2. The average Bonchev–Trinajstić information content (AvgIpc) is 2.40. The first-order valence-electron chi connectivity index (χ1n) is 6.57. The van der Waals surface area contributed by atoms with Gasteiger partial charge in [0.15, 0.2) is 11.5 Å². The number of rotatable bonds is 3. The number of likely N-dealkylation sites (N-methyl/N-ethyl adjacent to an activating group) is 1. The molecule has 0 bridgehead atoms. The van der Waals surface area contributed by atoms with Gasteiger partial charge >= 0.3 is 0 Å². The van der Waals surface area contributed by atoms with Crippen molar-refractivity contribution in [2.75, 3.05) is 32.7 Å². The van der Waals surface area contributed by atoms with Crippen LogP contribution in [0.25, 0.3) is 0 Å². The molecule has 1 aliphatic heterocycles. The Hall–Kier alpha value is -1.26. The first-order chi connectivity index (χ1) is 8.61. The molecule has 100 valence electrons. The molecule has 0 aliphatic carbocycles. The zero-order valence-corrected chi connectivity index (χ0v) is 11.2. The van der Waals surface area contributed by atoms with Crippen LogP contribution in [0, 0.1) is 6.92 Å². The van der Waals surface area contributed by atoms with Crippen LogP contribution in [0.2, 0.25) is 0 Å². The molecule has 1 aromatic carbocycles. The molecule has 1 aliphatic rings. The largest absolute Gasteiger partial charge is 0.504 e. The van der Waals surface area contributed by atoms with Gasteiger partial charge in [-0.3, -0.25) is 4.90 Å². The summed E-state index contributed by atoms with van der Waals surface area (Å²) in [6.45, 7) is 10.4. The lowest BCUT2D eigenvalue weighted by Gasteiger charge is -2.34. The summed E-state index contributed by atoms with van der Waals surface area (Å²) >= 11 is 0. The van der Waals surface area contributed by atoms with Crippen molar-refractivity contribution in [1.82, 2.24) is 9.80 Å². The fourth-order valence-corrected chi connectivity index (χ4v) is 2.40. The maximum Gasteiger partial charge on any atom is 0.160 e. The van der Waals surface area contributed by atoms with E-state index in [1.807, 2.05) is 13.0 Å². The highest BCUT2D eigenvalue weighted by atomic mass is 16.3. The number of benzene rings is 1. The number of hydrogen-bond acceptors (Lipinski definition) is 4. The Morgan fingerprint density at radius 2 is 1.67 bits per heavy atom. The van der Waals surface area contributed by atoms with Crippen molar-refractivity contribution in [3.05, 3.63) is 23.3 Å². The number of hydrogen-bond donors (Lipinski definition) is 2. The lowest BCUT2D eigenvalue weighted by atomic mass is 10.1. The van der Waals surface area contributed by atoms with Crippen LogP contribution in [0.4, 0.5) is 0 Å². The number of phenols is 2. The van der Waals surface area contributed by atoms with Crippen molar-refractivity contribution in [3.8, 4) is 11.5 Å². The zero-order chi connectivity index (χ0) is 13.1. The third-order valence-electron chi connectivity index (χ3n) is 3.83. The predicted molar refractivity (Wildman–Crippen MR) is 71.9 cm³/mol. The molecule has 1 saturated heterocycles. The maximum atomic E-state index is 9.72. The molecule has 0 saturated carbocycles. The molecule has 1 aromatic rings. The van der Waals surface area contributed by atoms with Crippen molar-refractivity contribution in [3.63, 3.8) is 0 Å². The van der Waals surface area contributed by atoms with Crippen LogP contribution < -0.4 is 0 Å². The van der Waals surface area contributed by atoms with Gasteiger partial charge in [0, 0.05) is 32.7 Å². The Morgan fingerprint density at radius 3 is 2.28 bits per heavy atom. The van der Waals surface area contributed by atoms with Gasteiger partial charge in [0.05, 0.1) is 0 Å². The van der Waals surface area contributed by atoms with E-state index in [-0.39, 0.29) is 11.5 Å². The molecular weight excluding hydrogens is 228 g/mol. The maximum absolute atomic E-state index is 9.72. The highest BCUT2D eigenvalue weighted by molar-refractivity contribution is 5.48. The summed E-state index contributed by atoms with van der Waals surface area (Å²) in [5.74, 6) is -0.0215. The number of aromatic hydroxyl groups is 2. The minimum Gasteiger partial charge on any atom is -0.504 e. The molecule has 0 aromatic heterocycles. The van der Waals surface area contributed by atoms with E-state index < -0.39 is 0 Å². The topological polar surface area (TPSA) is 46.9 Å². The zero-order valence-electron chi connectivity index (χ0n) is 11.2. The van der Waals surface area contributed by atoms with E-state index in [4.69, 9.17) is 0 Å². The summed E-state index contributed by atoms with van der Waals surface area (Å²) in [5, 5.41) is 19.1. The second kappa shape index (κ2) is 5.59. The standard InChI is InChI=1S/C14H22N2O2/c1-3-15-6-8-16(9-7-15)10-12-4-5-13(17)14(18)11(12)2/h4-5,17-18H,3,6-10H2,1-2H3. The van der Waals surface area contributed by atoms with Crippen LogP contribution in [-0.2, 0) is 6.54 Å². The van der Waals surface area contributed by atoms with Crippen molar-refractivity contribution < 1.29 is 10.2 Å². The highest BCUT2D eigenvalue weighted by Gasteiger charge is 2.17. The van der Waals surface area contributed by atoms with Gasteiger partial charge in [0.2, 0.25) is 0 Å². The SMILES string of the molecule is CCN1CCN(Cc2ccc(O)c(O)c2C)CC1. The van der Waals surface area contributed by atoms with Crippen LogP contribution in [-0.4, -0.2) is 52.7 Å². The summed E-state index contributed by atoms with van der Waals surface area (Å²) in [6, 6.07) is 3.47. The molecule has 0 radical (unpaired) electrons. The fraction of sp³-hybridized carbons (Fsp3) is 0.571. The Labute approximate surface area is 108 Å². The summed E-state index contributed by atoms with van der Waals surface area (Å²) in [6.07, 6.45) is 0. The summed E-state index contributed by atoms with van der Waals surface area (Å²) in [4.78, 5) is 4.84. The molecular formula is C14H22N2O2. The Balaban J connectivity index is 2.00. The van der Waals surface area contributed by atoms with Gasteiger partial charge in [-0.25, -0.2) is 0 Å². The minimum absolute atomic E-state index is 0.0136. The Bertz CT molecular complexity index is 413. The lowest BCUT2D eigenvalue weighted by Crippen LogP contribution is -2.45. The molecule has 2 rings (SSSR count). The van der Waals surface area contributed by atoms with Crippen LogP contribution in [0.3, 0.4) is 0 Å². The van der Waals surface area contributed by atoms with E-state index in [0.29, 0.717) is 0 Å². The van der Waals surface area contributed by atoms with Crippen LogP contribution in [0.5, 0.6) is 11.5 Å². The van der Waals surface area contributed by atoms with Crippen molar-refractivity contribution in [2.24, 2.45) is 0 Å². The molecule has 0 unspecified atom stereocenters. The van der Waals surface area contributed by atoms with Crippen molar-refractivity contribution in [1.29, 1.82) is 0 Å². The van der Waals surface area contributed by atoms with E-state index in [2.05, 4.69) is 16.7 Å². The molecule has 4 nitrogen and oxygen atoms in total. The molecule has 1 fully saturated rings. The van der Waals surface area contributed by atoms with E-state index in [1.165, 1.54) is 0 Å².